The topological polar surface area (TPSA) is 46.2 Å². The van der Waals surface area contributed by atoms with Crippen LogP contribution in [0.2, 0.25) is 10.0 Å². The van der Waals surface area contributed by atoms with E-state index in [9.17, 15) is 8.42 Å². The van der Waals surface area contributed by atoms with Crippen molar-refractivity contribution in [3.05, 3.63) is 28.2 Å². The maximum atomic E-state index is 12.2. The van der Waals surface area contributed by atoms with Crippen molar-refractivity contribution in [3.63, 3.8) is 0 Å². The Morgan fingerprint density at radius 2 is 1.78 bits per heavy atom. The summed E-state index contributed by atoms with van der Waals surface area (Å²) in [5, 5.41) is 1.10. The summed E-state index contributed by atoms with van der Waals surface area (Å²) in [7, 11) is -3.64. The Bertz CT molecular complexity index is 510. The van der Waals surface area contributed by atoms with Crippen LogP contribution in [0.5, 0.6) is 0 Å². The maximum Gasteiger partial charge on any atom is 0.241 e. The molecule has 1 unspecified atom stereocenters. The molecule has 0 spiro atoms. The Hall–Kier alpha value is 0.190. The van der Waals surface area contributed by atoms with Crippen LogP contribution in [0.3, 0.4) is 0 Å². The highest BCUT2D eigenvalue weighted by Gasteiger charge is 2.28. The van der Waals surface area contributed by atoms with Gasteiger partial charge in [0.25, 0.3) is 0 Å². The summed E-state index contributed by atoms with van der Waals surface area (Å²) in [4.78, 5) is 0.0700. The molecule has 3 nitrogen and oxygen atoms in total. The zero-order chi connectivity index (χ0) is 14.0. The molecule has 0 aliphatic carbocycles. The van der Waals surface area contributed by atoms with Crippen LogP contribution in [0.15, 0.2) is 23.1 Å². The molecule has 0 radical (unpaired) electrons. The Labute approximate surface area is 126 Å². The monoisotopic (exact) mass is 373 g/mol. The van der Waals surface area contributed by atoms with Crippen molar-refractivity contribution in [1.82, 2.24) is 4.72 Å². The largest absolute Gasteiger partial charge is 0.241 e. The molecule has 0 heterocycles. The third kappa shape index (κ3) is 4.10. The van der Waals surface area contributed by atoms with Crippen LogP contribution in [-0.2, 0) is 10.0 Å². The first kappa shape index (κ1) is 16.2. The zero-order valence-corrected chi connectivity index (χ0v) is 13.9. The number of hydrogen-bond donors (Lipinski definition) is 1. The molecule has 18 heavy (non-hydrogen) atoms. The number of rotatable bonds is 5. The van der Waals surface area contributed by atoms with Crippen LogP contribution in [0.25, 0.3) is 0 Å². The van der Waals surface area contributed by atoms with Gasteiger partial charge in [0.2, 0.25) is 10.0 Å². The van der Waals surface area contributed by atoms with E-state index in [1.165, 1.54) is 18.2 Å². The van der Waals surface area contributed by atoms with Crippen LogP contribution in [-0.4, -0.2) is 19.3 Å². The molecule has 0 aliphatic heterocycles. The second-order valence-electron chi connectivity index (χ2n) is 4.26. The van der Waals surface area contributed by atoms with Gasteiger partial charge in [0.15, 0.2) is 0 Å². The summed E-state index contributed by atoms with van der Waals surface area (Å²) in [5.74, 6) is 0. The average molecular weight is 375 g/mol. The first-order chi connectivity index (χ1) is 8.22. The predicted molar refractivity (Wildman–Crippen MR) is 79.3 cm³/mol. The van der Waals surface area contributed by atoms with Crippen LogP contribution >= 0.6 is 39.1 Å². The highest BCUT2D eigenvalue weighted by Crippen LogP contribution is 2.24. The zero-order valence-electron chi connectivity index (χ0n) is 10.0. The SMILES string of the molecule is CCC(C)(CBr)NS(=O)(=O)c1cc(Cl)cc(Cl)c1. The van der Waals surface area contributed by atoms with Crippen molar-refractivity contribution < 1.29 is 8.42 Å². The fraction of sp³-hybridized carbons (Fsp3) is 0.455. The van der Waals surface area contributed by atoms with Crippen molar-refractivity contribution in [2.75, 3.05) is 5.33 Å². The Balaban J connectivity index is 3.14. The van der Waals surface area contributed by atoms with Gasteiger partial charge in [0, 0.05) is 20.9 Å². The Morgan fingerprint density at radius 3 is 2.17 bits per heavy atom. The Morgan fingerprint density at radius 1 is 1.28 bits per heavy atom. The Kier molecular flexibility index (Phi) is 5.50. The summed E-state index contributed by atoms with van der Waals surface area (Å²) in [6, 6.07) is 4.24. The molecule has 1 atom stereocenters. The third-order valence-corrected chi connectivity index (χ3v) is 5.89. The van der Waals surface area contributed by atoms with Gasteiger partial charge in [-0.2, -0.15) is 0 Å². The normalized spacial score (nSPS) is 15.4. The number of benzene rings is 1. The number of alkyl halides is 1. The maximum absolute atomic E-state index is 12.2. The van der Waals surface area contributed by atoms with Crippen molar-refractivity contribution in [3.8, 4) is 0 Å². The van der Waals surface area contributed by atoms with Crippen LogP contribution < -0.4 is 4.72 Å². The second kappa shape index (κ2) is 6.09. The van der Waals surface area contributed by atoms with Gasteiger partial charge >= 0.3 is 0 Å². The molecule has 0 saturated carbocycles. The van der Waals surface area contributed by atoms with Gasteiger partial charge in [-0.05, 0) is 31.5 Å². The molecule has 1 aromatic rings. The first-order valence-electron chi connectivity index (χ1n) is 5.28. The van der Waals surface area contributed by atoms with Crippen LogP contribution in [0.4, 0.5) is 0 Å². The van der Waals surface area contributed by atoms with Gasteiger partial charge in [-0.25, -0.2) is 13.1 Å². The van der Waals surface area contributed by atoms with Gasteiger partial charge in [0.05, 0.1) is 4.90 Å². The molecule has 7 heteroatoms. The fourth-order valence-corrected chi connectivity index (χ4v) is 4.19. The average Bonchev–Trinajstić information content (AvgIpc) is 2.27. The fourth-order valence-electron chi connectivity index (χ4n) is 1.26. The number of hydrogen-bond acceptors (Lipinski definition) is 2. The van der Waals surface area contributed by atoms with Crippen LogP contribution in [0, 0.1) is 0 Å². The van der Waals surface area contributed by atoms with Crippen molar-refractivity contribution >= 4 is 49.2 Å². The molecule has 0 bridgehead atoms. The third-order valence-electron chi connectivity index (χ3n) is 2.60. The van der Waals surface area contributed by atoms with E-state index in [4.69, 9.17) is 23.2 Å². The highest BCUT2D eigenvalue weighted by atomic mass is 79.9. The van der Waals surface area contributed by atoms with E-state index in [1.54, 1.807) is 0 Å². The lowest BCUT2D eigenvalue weighted by molar-refractivity contribution is 0.449. The van der Waals surface area contributed by atoms with Gasteiger partial charge < -0.3 is 0 Å². The molecular weight excluding hydrogens is 361 g/mol. The van der Waals surface area contributed by atoms with Crippen molar-refractivity contribution in [2.24, 2.45) is 0 Å². The summed E-state index contributed by atoms with van der Waals surface area (Å²) in [6.45, 7) is 3.74. The number of nitrogens with one attached hydrogen (secondary N) is 1. The minimum atomic E-state index is -3.64. The van der Waals surface area contributed by atoms with Gasteiger partial charge in [0.1, 0.15) is 0 Å². The van der Waals surface area contributed by atoms with Crippen molar-refractivity contribution in [2.45, 2.75) is 30.7 Å². The van der Waals surface area contributed by atoms with Gasteiger partial charge in [-0.15, -0.1) is 0 Å². The van der Waals surface area contributed by atoms with E-state index in [1.807, 2.05) is 13.8 Å². The van der Waals surface area contributed by atoms with E-state index < -0.39 is 15.6 Å². The van der Waals surface area contributed by atoms with E-state index >= 15 is 0 Å². The molecule has 0 aromatic heterocycles. The van der Waals surface area contributed by atoms with Gasteiger partial charge in [-0.3, -0.25) is 0 Å². The quantitative estimate of drug-likeness (QED) is 0.796. The van der Waals surface area contributed by atoms with E-state index in [2.05, 4.69) is 20.7 Å². The lowest BCUT2D eigenvalue weighted by Crippen LogP contribution is -2.46. The second-order valence-corrected chi connectivity index (χ2v) is 7.37. The lowest BCUT2D eigenvalue weighted by atomic mass is 10.0. The minimum Gasteiger partial charge on any atom is -0.207 e. The first-order valence-corrected chi connectivity index (χ1v) is 8.64. The molecule has 1 aromatic carbocycles. The predicted octanol–water partition coefficient (Wildman–Crippen LogP) is 3.84. The van der Waals surface area contributed by atoms with E-state index in [0.29, 0.717) is 21.8 Å². The molecule has 1 rings (SSSR count). The molecule has 0 aliphatic rings. The molecule has 0 fully saturated rings. The minimum absolute atomic E-state index is 0.0700. The van der Waals surface area contributed by atoms with E-state index in [0.717, 1.165) is 0 Å². The molecular formula is C11H14BrCl2NO2S. The summed E-state index contributed by atoms with van der Waals surface area (Å²) in [5.41, 5.74) is -0.548. The summed E-state index contributed by atoms with van der Waals surface area (Å²) in [6.07, 6.45) is 0.659. The lowest BCUT2D eigenvalue weighted by Gasteiger charge is -2.26. The van der Waals surface area contributed by atoms with Crippen molar-refractivity contribution in [1.29, 1.82) is 0 Å². The van der Waals surface area contributed by atoms with Crippen LogP contribution in [0.1, 0.15) is 20.3 Å². The number of sulfonamides is 1. The molecule has 0 saturated heterocycles. The molecule has 0 amide bonds. The van der Waals surface area contributed by atoms with E-state index in [-0.39, 0.29) is 4.90 Å². The standard InChI is InChI=1S/C11H14BrCl2NO2S/c1-3-11(2,7-12)15-18(16,17)10-5-8(13)4-9(14)6-10/h4-6,15H,3,7H2,1-2H3. The molecule has 1 N–H and O–H groups in total. The highest BCUT2D eigenvalue weighted by molar-refractivity contribution is 9.09. The molecule has 102 valence electrons. The van der Waals surface area contributed by atoms with Gasteiger partial charge in [-0.1, -0.05) is 46.1 Å². The summed E-state index contributed by atoms with van der Waals surface area (Å²) >= 11 is 14.9. The number of halogens is 3. The summed E-state index contributed by atoms with van der Waals surface area (Å²) < 4.78 is 27.1. The smallest absolute Gasteiger partial charge is 0.207 e.